The van der Waals surface area contributed by atoms with Crippen LogP contribution in [0.5, 0.6) is 0 Å². The minimum Gasteiger partial charge on any atom is -0.462 e. The Bertz CT molecular complexity index is 1700. The highest BCUT2D eigenvalue weighted by atomic mass is 31.2. The third kappa shape index (κ3) is 60.9. The summed E-state index contributed by atoms with van der Waals surface area (Å²) in [6, 6.07) is 0. The third-order valence-corrected chi connectivity index (χ3v) is 17.3. The fourth-order valence-electron chi connectivity index (χ4n) is 10.0. The molecule has 86 heavy (non-hydrogen) atoms. The smallest absolute Gasteiger partial charge is 0.462 e. The van der Waals surface area contributed by atoms with Gasteiger partial charge in [-0.25, -0.2) is 9.13 Å². The van der Waals surface area contributed by atoms with Crippen LogP contribution in [0.15, 0.2) is 0 Å². The topological polar surface area (TPSA) is 237 Å². The Balaban J connectivity index is 5.25. The summed E-state index contributed by atoms with van der Waals surface area (Å²) in [7, 11) is -9.89. The monoisotopic (exact) mass is 1270 g/mol. The van der Waals surface area contributed by atoms with Crippen LogP contribution < -0.4 is 0 Å². The Hall–Kier alpha value is -1.94. The molecule has 3 N–H and O–H groups in total. The van der Waals surface area contributed by atoms with Crippen LogP contribution in [-0.4, -0.2) is 96.7 Å². The molecule has 0 saturated carbocycles. The highest BCUT2D eigenvalue weighted by Gasteiger charge is 2.30. The molecule has 0 aromatic heterocycles. The second-order valence-electron chi connectivity index (χ2n) is 25.6. The van der Waals surface area contributed by atoms with Crippen LogP contribution in [-0.2, 0) is 65.4 Å². The lowest BCUT2D eigenvalue weighted by Gasteiger charge is -2.21. The van der Waals surface area contributed by atoms with Gasteiger partial charge in [0.05, 0.1) is 26.4 Å². The number of phosphoric ester groups is 2. The van der Waals surface area contributed by atoms with E-state index in [1.165, 1.54) is 135 Å². The van der Waals surface area contributed by atoms with Gasteiger partial charge in [0.2, 0.25) is 0 Å². The molecule has 0 bridgehead atoms. The lowest BCUT2D eigenvalue weighted by molar-refractivity contribution is -0.161. The number of carbonyl (C=O) groups is 4. The number of ether oxygens (including phenoxy) is 4. The van der Waals surface area contributed by atoms with Gasteiger partial charge < -0.3 is 33.8 Å². The number of aliphatic hydroxyl groups excluding tert-OH is 1. The summed E-state index contributed by atoms with van der Waals surface area (Å²) < 4.78 is 68.1. The maximum Gasteiger partial charge on any atom is 0.472 e. The van der Waals surface area contributed by atoms with Crippen molar-refractivity contribution in [1.82, 2.24) is 0 Å². The number of unbranched alkanes of at least 4 members (excludes halogenated alkanes) is 33. The van der Waals surface area contributed by atoms with E-state index < -0.39 is 97.5 Å². The van der Waals surface area contributed by atoms with E-state index in [1.807, 2.05) is 0 Å². The van der Waals surface area contributed by atoms with Gasteiger partial charge in [0.1, 0.15) is 19.3 Å². The molecule has 0 aromatic rings. The maximum atomic E-state index is 13.0. The Morgan fingerprint density at radius 2 is 0.535 bits per heavy atom. The van der Waals surface area contributed by atoms with E-state index in [4.69, 9.17) is 37.0 Å². The van der Waals surface area contributed by atoms with Crippen LogP contribution in [0.25, 0.3) is 0 Å². The zero-order chi connectivity index (χ0) is 63.8. The summed E-state index contributed by atoms with van der Waals surface area (Å²) in [5.74, 6) is 0.0171. The highest BCUT2D eigenvalue weighted by Crippen LogP contribution is 2.45. The zero-order valence-corrected chi connectivity index (χ0v) is 57.6. The average Bonchev–Trinajstić information content (AvgIpc) is 3.62. The van der Waals surface area contributed by atoms with Crippen molar-refractivity contribution in [3.05, 3.63) is 0 Å². The van der Waals surface area contributed by atoms with Gasteiger partial charge in [0, 0.05) is 25.7 Å². The first kappa shape index (κ1) is 84.1. The second-order valence-corrected chi connectivity index (χ2v) is 28.5. The number of hydrogen-bond donors (Lipinski definition) is 3. The van der Waals surface area contributed by atoms with Crippen LogP contribution >= 0.6 is 15.6 Å². The number of aliphatic hydroxyl groups is 1. The molecule has 0 heterocycles. The Kier molecular flexibility index (Phi) is 56.9. The fraction of sp³-hybridized carbons (Fsp3) is 0.940. The molecular formula is C67H130O17P2. The molecule has 0 saturated heterocycles. The predicted octanol–water partition coefficient (Wildman–Crippen LogP) is 18.7. The first-order chi connectivity index (χ1) is 41.2. The number of rotatable bonds is 65. The molecule has 0 aliphatic carbocycles. The average molecular weight is 1270 g/mol. The molecule has 17 nitrogen and oxygen atoms in total. The van der Waals surface area contributed by atoms with E-state index in [1.54, 1.807) is 0 Å². The van der Waals surface area contributed by atoms with Gasteiger partial charge in [-0.2, -0.15) is 0 Å². The number of hydrogen-bond acceptors (Lipinski definition) is 15. The van der Waals surface area contributed by atoms with Gasteiger partial charge in [-0.1, -0.05) is 280 Å². The van der Waals surface area contributed by atoms with Gasteiger partial charge in [-0.15, -0.1) is 0 Å². The van der Waals surface area contributed by atoms with Crippen molar-refractivity contribution in [2.45, 2.75) is 349 Å². The van der Waals surface area contributed by atoms with Crippen LogP contribution in [0.4, 0.5) is 0 Å². The highest BCUT2D eigenvalue weighted by molar-refractivity contribution is 7.47. The quantitative estimate of drug-likeness (QED) is 0.0222. The standard InChI is InChI=1S/C67H130O17P2/c1-8-9-10-11-12-13-14-15-16-17-18-28-36-43-50-66(71)83-62(54-77-64(69)48-41-34-27-21-19-24-31-38-45-58(2)3)56-81-85(73,74)79-52-61(68)53-80-86(75,76)82-57-63(55-78-65(70)49-42-35-30-23-26-33-40-47-60(6)7)84-67(72)51-44-37-29-22-20-25-32-39-46-59(4)5/h58-63,68H,8-57H2,1-7H3,(H,73,74)(H,75,76)/t61-,62-,63-/m1/s1. The Morgan fingerprint density at radius 3 is 0.791 bits per heavy atom. The van der Waals surface area contributed by atoms with Crippen molar-refractivity contribution in [2.75, 3.05) is 39.6 Å². The molecule has 0 aliphatic heterocycles. The maximum absolute atomic E-state index is 13.0. The molecule has 0 rings (SSSR count). The van der Waals surface area contributed by atoms with E-state index in [0.717, 1.165) is 108 Å². The normalized spacial score (nSPS) is 14.3. The minimum absolute atomic E-state index is 0.103. The Morgan fingerprint density at radius 1 is 0.314 bits per heavy atom. The fourth-order valence-corrected chi connectivity index (χ4v) is 11.6. The predicted molar refractivity (Wildman–Crippen MR) is 344 cm³/mol. The molecule has 0 amide bonds. The SMILES string of the molecule is CCCCCCCCCCCCCCCCC(=O)O[C@H](COC(=O)CCCCCCCCCCC(C)C)COP(=O)(O)OC[C@@H](O)COP(=O)(O)OC[C@@H](COC(=O)CCCCCCCCCC(C)C)OC(=O)CCCCCCCCCCC(C)C. The van der Waals surface area contributed by atoms with Gasteiger partial charge in [0.15, 0.2) is 12.2 Å². The first-order valence-electron chi connectivity index (χ1n) is 34.8. The van der Waals surface area contributed by atoms with E-state index >= 15 is 0 Å². The van der Waals surface area contributed by atoms with Crippen molar-refractivity contribution in [2.24, 2.45) is 17.8 Å². The Labute approximate surface area is 524 Å². The molecule has 0 aromatic carbocycles. The van der Waals surface area contributed by atoms with E-state index in [-0.39, 0.29) is 25.7 Å². The van der Waals surface area contributed by atoms with E-state index in [2.05, 4.69) is 48.5 Å². The first-order valence-corrected chi connectivity index (χ1v) is 37.8. The molecule has 0 fully saturated rings. The molecular weight excluding hydrogens is 1140 g/mol. The molecule has 0 aliphatic rings. The van der Waals surface area contributed by atoms with Gasteiger partial charge in [-0.05, 0) is 43.4 Å². The molecule has 5 atom stereocenters. The second kappa shape index (κ2) is 58.2. The molecule has 0 radical (unpaired) electrons. The van der Waals surface area contributed by atoms with Crippen molar-refractivity contribution >= 4 is 39.5 Å². The van der Waals surface area contributed by atoms with Crippen molar-refractivity contribution in [3.8, 4) is 0 Å². The van der Waals surface area contributed by atoms with Crippen LogP contribution in [0.3, 0.4) is 0 Å². The summed E-state index contributed by atoms with van der Waals surface area (Å²) >= 11 is 0. The van der Waals surface area contributed by atoms with E-state index in [9.17, 15) is 43.2 Å². The summed E-state index contributed by atoms with van der Waals surface area (Å²) in [6.07, 6.45) is 40.4. The lowest BCUT2D eigenvalue weighted by Crippen LogP contribution is -2.30. The van der Waals surface area contributed by atoms with Gasteiger partial charge in [0.25, 0.3) is 0 Å². The molecule has 510 valence electrons. The van der Waals surface area contributed by atoms with Crippen molar-refractivity contribution in [3.63, 3.8) is 0 Å². The largest absolute Gasteiger partial charge is 0.472 e. The number of esters is 4. The van der Waals surface area contributed by atoms with E-state index in [0.29, 0.717) is 31.6 Å². The summed E-state index contributed by atoms with van der Waals surface area (Å²) in [5, 5.41) is 10.6. The van der Waals surface area contributed by atoms with Crippen molar-refractivity contribution < 1.29 is 80.2 Å². The van der Waals surface area contributed by atoms with Crippen LogP contribution in [0.1, 0.15) is 331 Å². The summed E-state index contributed by atoms with van der Waals surface area (Å²) in [4.78, 5) is 72.4. The number of phosphoric acid groups is 2. The number of carbonyl (C=O) groups excluding carboxylic acids is 4. The zero-order valence-electron chi connectivity index (χ0n) is 55.8. The van der Waals surface area contributed by atoms with Crippen molar-refractivity contribution in [1.29, 1.82) is 0 Å². The summed E-state index contributed by atoms with van der Waals surface area (Å²) in [5.41, 5.74) is 0. The molecule has 19 heteroatoms. The third-order valence-electron chi connectivity index (χ3n) is 15.4. The molecule has 2 unspecified atom stereocenters. The van der Waals surface area contributed by atoms with Gasteiger partial charge >= 0.3 is 39.5 Å². The van der Waals surface area contributed by atoms with Gasteiger partial charge in [-0.3, -0.25) is 37.3 Å². The molecule has 0 spiro atoms. The summed E-state index contributed by atoms with van der Waals surface area (Å²) in [6.45, 7) is 11.7. The minimum atomic E-state index is -4.95. The van der Waals surface area contributed by atoms with Crippen LogP contribution in [0.2, 0.25) is 0 Å². The lowest BCUT2D eigenvalue weighted by atomic mass is 10.0. The van der Waals surface area contributed by atoms with Crippen LogP contribution in [0, 0.1) is 17.8 Å².